The second-order valence-electron chi connectivity index (χ2n) is 4.93. The van der Waals surface area contributed by atoms with Crippen molar-refractivity contribution < 1.29 is 8.42 Å². The van der Waals surface area contributed by atoms with Crippen molar-refractivity contribution in [1.82, 2.24) is 4.31 Å². The van der Waals surface area contributed by atoms with Crippen LogP contribution in [0.15, 0.2) is 23.1 Å². The lowest BCUT2D eigenvalue weighted by Crippen LogP contribution is -2.32. The van der Waals surface area contributed by atoms with Crippen molar-refractivity contribution in [3.63, 3.8) is 0 Å². The van der Waals surface area contributed by atoms with Crippen LogP contribution < -0.4 is 5.73 Å². The van der Waals surface area contributed by atoms with E-state index in [1.807, 2.05) is 6.07 Å². The van der Waals surface area contributed by atoms with Crippen LogP contribution >= 0.6 is 24.0 Å². The Morgan fingerprint density at radius 1 is 1.45 bits per heavy atom. The molecule has 4 nitrogen and oxygen atoms in total. The van der Waals surface area contributed by atoms with E-state index >= 15 is 0 Å². The summed E-state index contributed by atoms with van der Waals surface area (Å²) in [6.45, 7) is 2.90. The number of benzene rings is 1. The van der Waals surface area contributed by atoms with E-state index in [2.05, 4.69) is 6.92 Å². The van der Waals surface area contributed by atoms with Crippen molar-refractivity contribution in [2.24, 2.45) is 5.73 Å². The minimum Gasteiger partial charge on any atom is -0.326 e. The Morgan fingerprint density at radius 2 is 2.15 bits per heavy atom. The number of nitrogens with zero attached hydrogens (tertiary/aromatic N) is 1. The summed E-state index contributed by atoms with van der Waals surface area (Å²) in [4.78, 5) is 0.203. The Bertz CT molecular complexity index is 563. The van der Waals surface area contributed by atoms with E-state index in [0.717, 1.165) is 18.4 Å². The first-order valence-electron chi connectivity index (χ1n) is 6.49. The second kappa shape index (κ2) is 7.09. The zero-order valence-corrected chi connectivity index (χ0v) is 13.8. The molecule has 2 rings (SSSR count). The van der Waals surface area contributed by atoms with Gasteiger partial charge in [0.15, 0.2) is 0 Å². The van der Waals surface area contributed by atoms with E-state index in [4.69, 9.17) is 17.3 Å². The van der Waals surface area contributed by atoms with Gasteiger partial charge < -0.3 is 5.73 Å². The molecule has 1 aromatic rings. The summed E-state index contributed by atoms with van der Waals surface area (Å²) in [5, 5.41) is 0.278. The van der Waals surface area contributed by atoms with Crippen molar-refractivity contribution in [3.05, 3.63) is 28.8 Å². The zero-order valence-electron chi connectivity index (χ0n) is 11.4. The summed E-state index contributed by atoms with van der Waals surface area (Å²) < 4.78 is 26.5. The first kappa shape index (κ1) is 17.7. The van der Waals surface area contributed by atoms with Crippen molar-refractivity contribution in [2.75, 3.05) is 13.1 Å². The van der Waals surface area contributed by atoms with Crippen LogP contribution in [0.4, 0.5) is 0 Å². The average molecular weight is 339 g/mol. The van der Waals surface area contributed by atoms with Crippen LogP contribution in [0.25, 0.3) is 0 Å². The predicted octanol–water partition coefficient (Wildman–Crippen LogP) is 2.44. The van der Waals surface area contributed by atoms with E-state index in [9.17, 15) is 8.42 Å². The highest BCUT2D eigenvalue weighted by molar-refractivity contribution is 7.89. The van der Waals surface area contributed by atoms with Gasteiger partial charge in [-0.2, -0.15) is 4.31 Å². The first-order valence-corrected chi connectivity index (χ1v) is 8.31. The molecule has 0 spiro atoms. The third kappa shape index (κ3) is 3.65. The van der Waals surface area contributed by atoms with Gasteiger partial charge in [0.25, 0.3) is 0 Å². The molecular weight excluding hydrogens is 319 g/mol. The number of hydrogen-bond donors (Lipinski definition) is 1. The van der Waals surface area contributed by atoms with Crippen molar-refractivity contribution in [1.29, 1.82) is 0 Å². The monoisotopic (exact) mass is 338 g/mol. The summed E-state index contributed by atoms with van der Waals surface area (Å²) >= 11 is 6.06. The van der Waals surface area contributed by atoms with Gasteiger partial charge in [-0.3, -0.25) is 0 Å². The molecule has 2 N–H and O–H groups in total. The number of sulfonamides is 1. The van der Waals surface area contributed by atoms with Gasteiger partial charge in [-0.25, -0.2) is 8.42 Å². The van der Waals surface area contributed by atoms with Crippen LogP contribution in [0.5, 0.6) is 0 Å². The number of halogens is 2. The molecule has 1 aliphatic heterocycles. The lowest BCUT2D eigenvalue weighted by Gasteiger charge is -2.17. The van der Waals surface area contributed by atoms with Crippen LogP contribution in [0.3, 0.4) is 0 Å². The maximum atomic E-state index is 12.5. The maximum Gasteiger partial charge on any atom is 0.244 e. The highest BCUT2D eigenvalue weighted by atomic mass is 35.5. The molecule has 1 aliphatic rings. The molecule has 1 heterocycles. The number of rotatable bonds is 4. The van der Waals surface area contributed by atoms with E-state index < -0.39 is 10.0 Å². The van der Waals surface area contributed by atoms with Gasteiger partial charge in [-0.1, -0.05) is 31.0 Å². The smallest absolute Gasteiger partial charge is 0.244 e. The summed E-state index contributed by atoms with van der Waals surface area (Å²) in [6, 6.07) is 5.15. The Morgan fingerprint density at radius 3 is 2.70 bits per heavy atom. The topological polar surface area (TPSA) is 63.4 Å². The van der Waals surface area contributed by atoms with Crippen LogP contribution in [-0.4, -0.2) is 31.9 Å². The van der Waals surface area contributed by atoms with Crippen molar-refractivity contribution >= 4 is 34.0 Å². The fraction of sp³-hybridized carbons (Fsp3) is 0.538. The Hall–Kier alpha value is -0.330. The van der Waals surface area contributed by atoms with E-state index in [1.165, 1.54) is 4.31 Å². The summed E-state index contributed by atoms with van der Waals surface area (Å²) in [7, 11) is -3.52. The zero-order chi connectivity index (χ0) is 14.0. The highest BCUT2D eigenvalue weighted by Gasteiger charge is 2.32. The van der Waals surface area contributed by atoms with Crippen molar-refractivity contribution in [2.45, 2.75) is 37.1 Å². The summed E-state index contributed by atoms with van der Waals surface area (Å²) in [6.07, 6.45) is 2.51. The van der Waals surface area contributed by atoms with Gasteiger partial charge >= 0.3 is 0 Å². The van der Waals surface area contributed by atoms with Gasteiger partial charge in [0.2, 0.25) is 10.0 Å². The van der Waals surface area contributed by atoms with E-state index in [-0.39, 0.29) is 28.4 Å². The average Bonchev–Trinajstić information content (AvgIpc) is 2.79. The van der Waals surface area contributed by atoms with Crippen molar-refractivity contribution in [3.8, 4) is 0 Å². The molecule has 0 amide bonds. The molecule has 0 unspecified atom stereocenters. The third-order valence-corrected chi connectivity index (χ3v) is 5.69. The van der Waals surface area contributed by atoms with Crippen LogP contribution in [0.1, 0.15) is 25.3 Å². The maximum absolute atomic E-state index is 12.5. The quantitative estimate of drug-likeness (QED) is 0.916. The minimum absolute atomic E-state index is 0. The molecule has 1 saturated heterocycles. The lowest BCUT2D eigenvalue weighted by atomic mass is 10.1. The molecule has 0 saturated carbocycles. The molecule has 114 valence electrons. The third-order valence-electron chi connectivity index (χ3n) is 3.34. The normalized spacial score (nSPS) is 19.9. The molecule has 0 aliphatic carbocycles. The van der Waals surface area contributed by atoms with Gasteiger partial charge in [-0.15, -0.1) is 12.4 Å². The van der Waals surface area contributed by atoms with Crippen LogP contribution in [-0.2, 0) is 16.4 Å². The summed E-state index contributed by atoms with van der Waals surface area (Å²) in [5.41, 5.74) is 6.77. The molecular formula is C13H20Cl2N2O2S. The molecule has 1 aromatic carbocycles. The fourth-order valence-corrected chi connectivity index (χ4v) is 4.34. The Labute approximate surface area is 131 Å². The van der Waals surface area contributed by atoms with Crippen LogP contribution in [0, 0.1) is 0 Å². The molecule has 0 radical (unpaired) electrons. The van der Waals surface area contributed by atoms with Crippen LogP contribution in [0.2, 0.25) is 5.02 Å². The predicted molar refractivity (Wildman–Crippen MR) is 84.0 cm³/mol. The molecule has 0 bridgehead atoms. The largest absolute Gasteiger partial charge is 0.326 e. The summed E-state index contributed by atoms with van der Waals surface area (Å²) in [5.74, 6) is 0. The van der Waals surface area contributed by atoms with Gasteiger partial charge in [0.05, 0.1) is 5.02 Å². The molecule has 7 heteroatoms. The number of nitrogens with two attached hydrogens (primary N) is 1. The van der Waals surface area contributed by atoms with Gasteiger partial charge in [0.1, 0.15) is 4.90 Å². The number of hydrogen-bond acceptors (Lipinski definition) is 3. The minimum atomic E-state index is -3.52. The van der Waals surface area contributed by atoms with Gasteiger partial charge in [0, 0.05) is 19.1 Å². The number of aryl methyl sites for hydroxylation is 1. The Kier molecular flexibility index (Phi) is 6.28. The fourth-order valence-electron chi connectivity index (χ4n) is 2.30. The highest BCUT2D eigenvalue weighted by Crippen LogP contribution is 2.28. The standard InChI is InChI=1S/C13H19ClN2O2S.ClH/c1-2-3-10-4-5-12(14)13(8-10)19(17,18)16-7-6-11(15)9-16;/h4-5,8,11H,2-3,6-7,9,15H2,1H3;1H/t11-;/m1./s1. The van der Waals surface area contributed by atoms with E-state index in [0.29, 0.717) is 19.5 Å². The SMILES string of the molecule is CCCc1ccc(Cl)c(S(=O)(=O)N2CC[C@@H](N)C2)c1.Cl. The van der Waals surface area contributed by atoms with E-state index in [1.54, 1.807) is 12.1 Å². The van der Waals surface area contributed by atoms with Gasteiger partial charge in [-0.05, 0) is 30.5 Å². The second-order valence-corrected chi connectivity index (χ2v) is 7.24. The molecule has 0 aromatic heterocycles. The lowest BCUT2D eigenvalue weighted by molar-refractivity contribution is 0.472. The molecule has 1 fully saturated rings. The first-order chi connectivity index (χ1) is 8.95. The Balaban J connectivity index is 0.00000200. The molecule has 1 atom stereocenters. The molecule has 20 heavy (non-hydrogen) atoms.